The van der Waals surface area contributed by atoms with Crippen molar-refractivity contribution in [1.82, 2.24) is 4.98 Å². The van der Waals surface area contributed by atoms with Gasteiger partial charge in [-0.15, -0.1) is 11.8 Å². The van der Waals surface area contributed by atoms with E-state index in [1.54, 1.807) is 12.1 Å². The summed E-state index contributed by atoms with van der Waals surface area (Å²) in [6, 6.07) is 11.7. The molecule has 0 saturated carbocycles. The zero-order chi connectivity index (χ0) is 21.0. The Kier molecular flexibility index (Phi) is 6.30. The number of nitro benzene ring substituents is 1. The van der Waals surface area contributed by atoms with Crippen LogP contribution in [0.1, 0.15) is 17.3 Å². The summed E-state index contributed by atoms with van der Waals surface area (Å²) in [7, 11) is -3.90. The molecule has 0 bridgehead atoms. The number of rotatable bonds is 7. The molecule has 1 aromatic heterocycles. The zero-order valence-electron chi connectivity index (χ0n) is 15.1. The number of carbonyl (C=O) groups is 1. The van der Waals surface area contributed by atoms with Crippen LogP contribution in [0.4, 0.5) is 10.8 Å². The van der Waals surface area contributed by atoms with Crippen LogP contribution in [0, 0.1) is 10.1 Å². The minimum absolute atomic E-state index is 0.0714. The summed E-state index contributed by atoms with van der Waals surface area (Å²) in [6.07, 6.45) is 1.16. The van der Waals surface area contributed by atoms with Gasteiger partial charge in [0.15, 0.2) is 5.13 Å². The van der Waals surface area contributed by atoms with Gasteiger partial charge in [-0.05, 0) is 30.0 Å². The molecule has 1 amide bonds. The molecule has 0 unspecified atom stereocenters. The molecule has 0 aliphatic carbocycles. The first-order valence-corrected chi connectivity index (χ1v) is 11.6. The Morgan fingerprint density at radius 3 is 2.55 bits per heavy atom. The number of sulfone groups is 1. The summed E-state index contributed by atoms with van der Waals surface area (Å²) in [4.78, 5) is 27.4. The highest BCUT2D eigenvalue weighted by Gasteiger charge is 2.23. The summed E-state index contributed by atoms with van der Waals surface area (Å²) in [6.45, 7) is 1.98. The summed E-state index contributed by atoms with van der Waals surface area (Å²) in [5.41, 5.74) is 0.277. The van der Waals surface area contributed by atoms with Gasteiger partial charge >= 0.3 is 0 Å². The second-order valence-corrected chi connectivity index (χ2v) is 10.1. The van der Waals surface area contributed by atoms with Gasteiger partial charge in [0.25, 0.3) is 11.6 Å². The summed E-state index contributed by atoms with van der Waals surface area (Å²) in [5, 5.41) is 13.5. The zero-order valence-corrected chi connectivity index (χ0v) is 17.5. The van der Waals surface area contributed by atoms with E-state index < -0.39 is 14.8 Å². The topological polar surface area (TPSA) is 119 Å². The molecule has 1 N–H and O–H groups in total. The first-order chi connectivity index (χ1) is 13.8. The van der Waals surface area contributed by atoms with Crippen molar-refractivity contribution >= 4 is 49.7 Å². The van der Waals surface area contributed by atoms with Crippen LogP contribution in [-0.2, 0) is 9.84 Å². The van der Waals surface area contributed by atoms with Gasteiger partial charge in [-0.2, -0.15) is 0 Å². The van der Waals surface area contributed by atoms with Crippen LogP contribution < -0.4 is 5.32 Å². The van der Waals surface area contributed by atoms with Crippen LogP contribution in [0.2, 0.25) is 0 Å². The summed E-state index contributed by atoms with van der Waals surface area (Å²) >= 11 is 2.34. The molecule has 0 aliphatic rings. The Hall–Kier alpha value is -2.76. The molecule has 29 heavy (non-hydrogen) atoms. The van der Waals surface area contributed by atoms with Crippen molar-refractivity contribution in [3.8, 4) is 0 Å². The van der Waals surface area contributed by atoms with E-state index in [2.05, 4.69) is 10.3 Å². The van der Waals surface area contributed by atoms with E-state index in [-0.39, 0.29) is 25.8 Å². The lowest BCUT2D eigenvalue weighted by molar-refractivity contribution is -0.384. The van der Waals surface area contributed by atoms with Crippen molar-refractivity contribution in [2.45, 2.75) is 20.9 Å². The van der Waals surface area contributed by atoms with E-state index in [9.17, 15) is 23.3 Å². The molecule has 150 valence electrons. The number of benzene rings is 2. The van der Waals surface area contributed by atoms with E-state index >= 15 is 0 Å². The van der Waals surface area contributed by atoms with E-state index in [0.29, 0.717) is 5.56 Å². The number of nitro groups is 1. The molecular weight excluding hydrogens is 434 g/mol. The third-order valence-electron chi connectivity index (χ3n) is 3.76. The average molecular weight is 450 g/mol. The smallest absolute Gasteiger partial charge is 0.269 e. The lowest BCUT2D eigenvalue weighted by Gasteiger charge is -2.07. The molecule has 2 aromatic carbocycles. The molecule has 0 saturated heterocycles. The maximum atomic E-state index is 12.7. The van der Waals surface area contributed by atoms with Crippen molar-refractivity contribution in [1.29, 1.82) is 0 Å². The number of aromatic nitrogens is 1. The lowest BCUT2D eigenvalue weighted by atomic mass is 10.2. The van der Waals surface area contributed by atoms with Crippen molar-refractivity contribution in [3.05, 3.63) is 70.4 Å². The van der Waals surface area contributed by atoms with Crippen molar-refractivity contribution in [2.24, 2.45) is 0 Å². The minimum atomic E-state index is -3.90. The normalized spacial score (nSPS) is 11.2. The molecule has 11 heteroatoms. The van der Waals surface area contributed by atoms with Gasteiger partial charge in [0, 0.05) is 17.0 Å². The van der Waals surface area contributed by atoms with Crippen LogP contribution in [0.25, 0.3) is 0 Å². The van der Waals surface area contributed by atoms with Crippen LogP contribution in [0.3, 0.4) is 0 Å². The van der Waals surface area contributed by atoms with Gasteiger partial charge in [-0.1, -0.05) is 30.4 Å². The summed E-state index contributed by atoms with van der Waals surface area (Å²) < 4.78 is 25.3. The molecule has 0 fully saturated rings. The molecule has 8 nitrogen and oxygen atoms in total. The predicted octanol–water partition coefficient (Wildman–Crippen LogP) is 4.25. The predicted molar refractivity (Wildman–Crippen MR) is 111 cm³/mol. The first-order valence-electron chi connectivity index (χ1n) is 8.31. The van der Waals surface area contributed by atoms with Crippen LogP contribution in [0.15, 0.2) is 68.7 Å². The van der Waals surface area contributed by atoms with E-state index in [1.165, 1.54) is 23.9 Å². The number of hydrogen-bond donors (Lipinski definition) is 1. The van der Waals surface area contributed by atoms with Gasteiger partial charge < -0.3 is 0 Å². The van der Waals surface area contributed by atoms with Gasteiger partial charge in [0.1, 0.15) is 4.21 Å². The van der Waals surface area contributed by atoms with E-state index in [0.717, 1.165) is 40.3 Å². The standard InChI is InChI=1S/C18H15N3O5S3/c1-2-27-15-6-4-3-5-14(15)17(22)20-18-19-11-16(28-18)29(25,26)13-9-7-12(8-10-13)21(23)24/h3-11H,2H2,1H3,(H,19,20,22). The molecule has 0 radical (unpaired) electrons. The highest BCUT2D eigenvalue weighted by molar-refractivity contribution is 7.99. The number of nitrogens with zero attached hydrogens (tertiary/aromatic N) is 2. The van der Waals surface area contributed by atoms with Crippen molar-refractivity contribution < 1.29 is 18.1 Å². The molecule has 3 aromatic rings. The largest absolute Gasteiger partial charge is 0.298 e. The van der Waals surface area contributed by atoms with E-state index in [4.69, 9.17) is 0 Å². The Morgan fingerprint density at radius 1 is 1.21 bits per heavy atom. The second-order valence-electron chi connectivity index (χ2n) is 5.62. The van der Waals surface area contributed by atoms with Gasteiger partial charge in [0.05, 0.1) is 21.6 Å². The fraction of sp³-hybridized carbons (Fsp3) is 0.111. The highest BCUT2D eigenvalue weighted by atomic mass is 32.2. The molecule has 3 rings (SSSR count). The van der Waals surface area contributed by atoms with Gasteiger partial charge in [0.2, 0.25) is 9.84 Å². The number of thiazole rings is 1. The van der Waals surface area contributed by atoms with Crippen LogP contribution >= 0.6 is 23.1 Å². The number of anilines is 1. The highest BCUT2D eigenvalue weighted by Crippen LogP contribution is 2.30. The molecule has 0 atom stereocenters. The fourth-order valence-electron chi connectivity index (χ4n) is 2.40. The number of nitrogens with one attached hydrogen (secondary N) is 1. The Bertz CT molecular complexity index is 1160. The molecular formula is C18H15N3O5S3. The minimum Gasteiger partial charge on any atom is -0.298 e. The number of carbonyl (C=O) groups excluding carboxylic acids is 1. The maximum absolute atomic E-state index is 12.7. The monoisotopic (exact) mass is 449 g/mol. The quantitative estimate of drug-likeness (QED) is 0.325. The van der Waals surface area contributed by atoms with Crippen molar-refractivity contribution in [3.63, 3.8) is 0 Å². The lowest BCUT2D eigenvalue weighted by Crippen LogP contribution is -2.12. The van der Waals surface area contributed by atoms with E-state index in [1.807, 2.05) is 19.1 Å². The van der Waals surface area contributed by atoms with Crippen LogP contribution in [0.5, 0.6) is 0 Å². The van der Waals surface area contributed by atoms with Gasteiger partial charge in [-0.25, -0.2) is 13.4 Å². The number of hydrogen-bond acceptors (Lipinski definition) is 8. The van der Waals surface area contributed by atoms with Gasteiger partial charge in [-0.3, -0.25) is 20.2 Å². The Labute approximate surface area is 175 Å². The molecule has 0 aliphatic heterocycles. The molecule has 0 spiro atoms. The van der Waals surface area contributed by atoms with Crippen LogP contribution in [-0.4, -0.2) is 30.0 Å². The molecule has 1 heterocycles. The third kappa shape index (κ3) is 4.63. The fourth-order valence-corrected chi connectivity index (χ4v) is 5.63. The SMILES string of the molecule is CCSc1ccccc1C(=O)Nc1ncc(S(=O)(=O)c2ccc([N+](=O)[O-])cc2)s1. The average Bonchev–Trinajstić information content (AvgIpc) is 3.18. The maximum Gasteiger partial charge on any atom is 0.269 e. The second kappa shape index (κ2) is 8.72. The van der Waals surface area contributed by atoms with Crippen molar-refractivity contribution in [2.75, 3.05) is 11.1 Å². The number of amides is 1. The summed E-state index contributed by atoms with van der Waals surface area (Å²) in [5.74, 6) is 0.425. The Morgan fingerprint density at radius 2 is 1.90 bits per heavy atom. The third-order valence-corrected chi connectivity index (χ3v) is 7.86. The first kappa shape index (κ1) is 21.0. The number of thioether (sulfide) groups is 1. The Balaban J connectivity index is 1.81. The number of non-ortho nitro benzene ring substituents is 1.